The fraction of sp³-hybridized carbons (Fsp3) is 0.364. The van der Waals surface area contributed by atoms with Crippen LogP contribution in [0.2, 0.25) is 0 Å². The second-order valence-corrected chi connectivity index (χ2v) is 7.36. The molecule has 2 unspecified atom stereocenters. The fourth-order valence-corrected chi connectivity index (χ4v) is 3.96. The topological polar surface area (TPSA) is 73.9 Å². The van der Waals surface area contributed by atoms with E-state index in [1.807, 2.05) is 35.2 Å². The predicted octanol–water partition coefficient (Wildman–Crippen LogP) is 1.59. The first-order chi connectivity index (χ1) is 14.2. The Morgan fingerprint density at radius 1 is 0.897 bits per heavy atom. The minimum absolute atomic E-state index is 0.0562. The van der Waals surface area contributed by atoms with Gasteiger partial charge in [-0.25, -0.2) is 10.9 Å². The van der Waals surface area contributed by atoms with Gasteiger partial charge in [-0.15, -0.1) is 0 Å². The van der Waals surface area contributed by atoms with Crippen LogP contribution in [0.4, 0.5) is 0 Å². The van der Waals surface area contributed by atoms with Crippen LogP contribution in [0.15, 0.2) is 54.6 Å². The van der Waals surface area contributed by atoms with Gasteiger partial charge in [-0.05, 0) is 24.1 Å². The number of carbonyl (C=O) groups excluding carboxylic acids is 2. The summed E-state index contributed by atoms with van der Waals surface area (Å²) in [6.45, 7) is 2.11. The molecule has 2 saturated heterocycles. The Morgan fingerprint density at radius 3 is 2.28 bits per heavy atom. The molecule has 0 aliphatic carbocycles. The molecule has 2 fully saturated rings. The molecule has 152 valence electrons. The summed E-state index contributed by atoms with van der Waals surface area (Å²) < 4.78 is 5.30. The van der Waals surface area contributed by atoms with E-state index >= 15 is 0 Å². The highest BCUT2D eigenvalue weighted by Crippen LogP contribution is 2.24. The Balaban J connectivity index is 1.33. The van der Waals surface area contributed by atoms with Gasteiger partial charge in [0.25, 0.3) is 5.91 Å². The van der Waals surface area contributed by atoms with Gasteiger partial charge in [0.05, 0.1) is 12.7 Å². The zero-order chi connectivity index (χ0) is 20.2. The maximum absolute atomic E-state index is 12.9. The zero-order valence-corrected chi connectivity index (χ0v) is 16.5. The third-order valence-electron chi connectivity index (χ3n) is 5.62. The zero-order valence-electron chi connectivity index (χ0n) is 16.5. The minimum atomic E-state index is -0.253. The van der Waals surface area contributed by atoms with Crippen molar-refractivity contribution in [2.24, 2.45) is 0 Å². The highest BCUT2D eigenvalue weighted by Gasteiger charge is 2.34. The number of hydrogen-bond acceptors (Lipinski definition) is 5. The van der Waals surface area contributed by atoms with Gasteiger partial charge in [0.1, 0.15) is 11.8 Å². The highest BCUT2D eigenvalue weighted by atomic mass is 16.5. The number of amides is 2. The van der Waals surface area contributed by atoms with Crippen LogP contribution in [-0.2, 0) is 4.79 Å². The maximum Gasteiger partial charge on any atom is 0.257 e. The number of carbonyl (C=O) groups is 2. The average Bonchev–Trinajstić information content (AvgIpc) is 3.29. The smallest absolute Gasteiger partial charge is 0.257 e. The van der Waals surface area contributed by atoms with E-state index in [1.165, 1.54) is 5.56 Å². The summed E-state index contributed by atoms with van der Waals surface area (Å²) >= 11 is 0. The van der Waals surface area contributed by atoms with Crippen LogP contribution in [0.25, 0.3) is 0 Å². The Kier molecular flexibility index (Phi) is 5.78. The van der Waals surface area contributed by atoms with Gasteiger partial charge in [0, 0.05) is 32.2 Å². The van der Waals surface area contributed by atoms with Crippen LogP contribution >= 0.6 is 0 Å². The van der Waals surface area contributed by atoms with Crippen molar-refractivity contribution in [1.29, 1.82) is 0 Å². The SMILES string of the molecule is COc1ccccc1C(=O)N1CCN(C(=O)C2CC(c3ccccc3)NN2)CC1. The number of para-hydroxylation sites is 1. The lowest BCUT2D eigenvalue weighted by molar-refractivity contribution is -0.134. The number of benzene rings is 2. The molecule has 0 aromatic heterocycles. The summed E-state index contributed by atoms with van der Waals surface area (Å²) in [4.78, 5) is 29.4. The van der Waals surface area contributed by atoms with Gasteiger partial charge in [-0.2, -0.15) is 0 Å². The van der Waals surface area contributed by atoms with Gasteiger partial charge in [-0.1, -0.05) is 42.5 Å². The molecule has 7 nitrogen and oxygen atoms in total. The molecule has 7 heteroatoms. The van der Waals surface area contributed by atoms with Crippen molar-refractivity contribution in [3.8, 4) is 5.75 Å². The summed E-state index contributed by atoms with van der Waals surface area (Å²) in [7, 11) is 1.56. The summed E-state index contributed by atoms with van der Waals surface area (Å²) in [5.74, 6) is 0.601. The van der Waals surface area contributed by atoms with E-state index in [2.05, 4.69) is 23.0 Å². The van der Waals surface area contributed by atoms with Crippen LogP contribution in [0.1, 0.15) is 28.4 Å². The van der Waals surface area contributed by atoms with Crippen molar-refractivity contribution in [2.45, 2.75) is 18.5 Å². The first-order valence-electron chi connectivity index (χ1n) is 9.94. The third kappa shape index (κ3) is 4.11. The first kappa shape index (κ1) is 19.4. The lowest BCUT2D eigenvalue weighted by Gasteiger charge is -2.36. The molecule has 4 rings (SSSR count). The minimum Gasteiger partial charge on any atom is -0.496 e. The molecular formula is C22H26N4O3. The van der Waals surface area contributed by atoms with E-state index in [0.717, 1.165) is 0 Å². The van der Waals surface area contributed by atoms with Gasteiger partial charge in [-0.3, -0.25) is 9.59 Å². The van der Waals surface area contributed by atoms with Crippen LogP contribution in [-0.4, -0.2) is 60.9 Å². The lowest BCUT2D eigenvalue weighted by atomic mass is 10.0. The second-order valence-electron chi connectivity index (χ2n) is 7.36. The quantitative estimate of drug-likeness (QED) is 0.824. The van der Waals surface area contributed by atoms with E-state index in [0.29, 0.717) is 43.9 Å². The summed E-state index contributed by atoms with van der Waals surface area (Å²) in [5.41, 5.74) is 8.09. The number of piperazine rings is 1. The number of nitrogens with zero attached hydrogens (tertiary/aromatic N) is 2. The number of nitrogens with one attached hydrogen (secondary N) is 2. The van der Waals surface area contributed by atoms with Crippen molar-refractivity contribution >= 4 is 11.8 Å². The van der Waals surface area contributed by atoms with Crippen molar-refractivity contribution in [3.05, 3.63) is 65.7 Å². The maximum atomic E-state index is 12.9. The monoisotopic (exact) mass is 394 g/mol. The molecule has 2 aromatic rings. The normalized spacial score (nSPS) is 21.8. The summed E-state index contributed by atoms with van der Waals surface area (Å²) in [5, 5.41) is 0. The van der Waals surface area contributed by atoms with Gasteiger partial charge in [0.15, 0.2) is 0 Å². The summed E-state index contributed by atoms with van der Waals surface area (Å²) in [6, 6.07) is 17.2. The molecule has 2 aliphatic rings. The average molecular weight is 394 g/mol. The fourth-order valence-electron chi connectivity index (χ4n) is 3.96. The Labute approximate surface area is 170 Å². The van der Waals surface area contributed by atoms with Crippen LogP contribution < -0.4 is 15.6 Å². The molecule has 0 radical (unpaired) electrons. The van der Waals surface area contributed by atoms with E-state index in [-0.39, 0.29) is 23.9 Å². The molecule has 0 spiro atoms. The van der Waals surface area contributed by atoms with Gasteiger partial charge < -0.3 is 14.5 Å². The van der Waals surface area contributed by atoms with E-state index in [4.69, 9.17) is 4.74 Å². The number of methoxy groups -OCH3 is 1. The van der Waals surface area contributed by atoms with Crippen LogP contribution in [0.3, 0.4) is 0 Å². The Hall–Kier alpha value is -2.90. The highest BCUT2D eigenvalue weighted by molar-refractivity contribution is 5.97. The molecule has 2 amide bonds. The van der Waals surface area contributed by atoms with Crippen molar-refractivity contribution in [3.63, 3.8) is 0 Å². The standard InChI is InChI=1S/C22H26N4O3/c1-29-20-10-6-5-9-17(20)21(27)25-11-13-26(14-12-25)22(28)19-15-18(23-24-19)16-7-3-2-4-8-16/h2-10,18-19,23-24H,11-15H2,1H3. The molecule has 2 N–H and O–H groups in total. The van der Waals surface area contributed by atoms with E-state index in [9.17, 15) is 9.59 Å². The number of hydrazine groups is 1. The van der Waals surface area contributed by atoms with Crippen molar-refractivity contribution in [2.75, 3.05) is 33.3 Å². The first-order valence-corrected chi connectivity index (χ1v) is 9.94. The summed E-state index contributed by atoms with van der Waals surface area (Å²) in [6.07, 6.45) is 0.712. The third-order valence-corrected chi connectivity index (χ3v) is 5.62. The van der Waals surface area contributed by atoms with Crippen molar-refractivity contribution in [1.82, 2.24) is 20.7 Å². The molecule has 2 heterocycles. The number of hydrogen-bond donors (Lipinski definition) is 2. The molecular weight excluding hydrogens is 368 g/mol. The van der Waals surface area contributed by atoms with Crippen LogP contribution in [0, 0.1) is 0 Å². The van der Waals surface area contributed by atoms with Crippen LogP contribution in [0.5, 0.6) is 5.75 Å². The van der Waals surface area contributed by atoms with Gasteiger partial charge in [0.2, 0.25) is 5.91 Å². The molecule has 2 aromatic carbocycles. The lowest BCUT2D eigenvalue weighted by Crippen LogP contribution is -2.54. The molecule has 0 saturated carbocycles. The second kappa shape index (κ2) is 8.63. The molecule has 0 bridgehead atoms. The largest absolute Gasteiger partial charge is 0.496 e. The van der Waals surface area contributed by atoms with Crippen molar-refractivity contribution < 1.29 is 14.3 Å². The predicted molar refractivity (Wildman–Crippen MR) is 109 cm³/mol. The molecule has 29 heavy (non-hydrogen) atoms. The molecule has 2 aliphatic heterocycles. The Bertz CT molecular complexity index is 865. The molecule has 2 atom stereocenters. The van der Waals surface area contributed by atoms with E-state index in [1.54, 1.807) is 24.1 Å². The number of rotatable bonds is 4. The Morgan fingerprint density at radius 2 is 1.55 bits per heavy atom. The number of ether oxygens (including phenoxy) is 1. The van der Waals surface area contributed by atoms with E-state index < -0.39 is 0 Å². The van der Waals surface area contributed by atoms with Gasteiger partial charge >= 0.3 is 0 Å².